The zero-order valence-corrected chi connectivity index (χ0v) is 17.0. The Bertz CT molecular complexity index is 813. The largest absolute Gasteiger partial charge is 0.370 e. The van der Waals surface area contributed by atoms with Gasteiger partial charge in [0.1, 0.15) is 0 Å². The Hall–Kier alpha value is -1.90. The topological polar surface area (TPSA) is 87.8 Å². The fourth-order valence-corrected chi connectivity index (χ4v) is 4.29. The first kappa shape index (κ1) is 20.4. The summed E-state index contributed by atoms with van der Waals surface area (Å²) in [7, 11) is -1.87. The van der Waals surface area contributed by atoms with E-state index in [9.17, 15) is 8.42 Å². The first-order valence-corrected chi connectivity index (χ1v) is 10.8. The normalized spacial score (nSPS) is 12.7. The molecule has 2 rings (SSSR count). The zero-order valence-electron chi connectivity index (χ0n) is 15.3. The molecule has 0 saturated heterocycles. The van der Waals surface area contributed by atoms with Gasteiger partial charge in [0.05, 0.1) is 11.4 Å². The predicted octanol–water partition coefficient (Wildman–Crippen LogP) is 2.42. The third-order valence-electron chi connectivity index (χ3n) is 4.02. The number of aliphatic imine (C=N–C) groups is 1. The average molecular weight is 395 g/mol. The Morgan fingerprint density at radius 1 is 1.27 bits per heavy atom. The molecular formula is C18H26N4O2S2. The monoisotopic (exact) mass is 394 g/mol. The molecule has 0 atom stereocenters. The number of nitrogens with zero attached hydrogens (tertiary/aromatic N) is 2. The highest BCUT2D eigenvalue weighted by molar-refractivity contribution is 7.89. The standard InChI is InChI=1S/C18H26N4O2S2/c1-14(2)22(3)26(23,24)17-8-6-15(7-9-17)13-21-18(19)20-11-10-16-5-4-12-25-16/h4-9,12,14H,10-11,13H2,1-3H3,(H3,19,20,21). The van der Waals surface area contributed by atoms with Crippen LogP contribution < -0.4 is 11.1 Å². The van der Waals surface area contributed by atoms with Crippen LogP contribution in [0.25, 0.3) is 0 Å². The molecule has 3 N–H and O–H groups in total. The van der Waals surface area contributed by atoms with Gasteiger partial charge in [-0.05, 0) is 49.4 Å². The van der Waals surface area contributed by atoms with Crippen molar-refractivity contribution in [1.29, 1.82) is 0 Å². The van der Waals surface area contributed by atoms with Crippen molar-refractivity contribution in [1.82, 2.24) is 9.62 Å². The van der Waals surface area contributed by atoms with Gasteiger partial charge in [-0.15, -0.1) is 11.3 Å². The van der Waals surface area contributed by atoms with Crippen molar-refractivity contribution in [2.75, 3.05) is 13.6 Å². The van der Waals surface area contributed by atoms with E-state index >= 15 is 0 Å². The summed E-state index contributed by atoms with van der Waals surface area (Å²) in [5.41, 5.74) is 6.77. The summed E-state index contributed by atoms with van der Waals surface area (Å²) in [4.78, 5) is 5.88. The van der Waals surface area contributed by atoms with E-state index in [1.807, 2.05) is 19.9 Å². The summed E-state index contributed by atoms with van der Waals surface area (Å²) in [6.45, 7) is 4.82. The Kier molecular flexibility index (Phi) is 7.19. The number of guanidine groups is 1. The third kappa shape index (κ3) is 5.55. The highest BCUT2D eigenvalue weighted by atomic mass is 32.2. The summed E-state index contributed by atoms with van der Waals surface area (Å²) in [5, 5.41) is 5.14. The summed E-state index contributed by atoms with van der Waals surface area (Å²) < 4.78 is 26.2. The molecule has 8 heteroatoms. The van der Waals surface area contributed by atoms with Gasteiger partial charge in [-0.2, -0.15) is 4.31 Å². The molecule has 0 amide bonds. The first-order valence-electron chi connectivity index (χ1n) is 8.44. The number of sulfonamides is 1. The number of hydrogen-bond acceptors (Lipinski definition) is 4. The number of nitrogens with one attached hydrogen (secondary N) is 1. The van der Waals surface area contributed by atoms with E-state index in [-0.39, 0.29) is 10.9 Å². The molecule has 0 saturated carbocycles. The van der Waals surface area contributed by atoms with Gasteiger partial charge in [0.2, 0.25) is 10.0 Å². The van der Waals surface area contributed by atoms with Gasteiger partial charge in [0, 0.05) is 24.5 Å². The van der Waals surface area contributed by atoms with Crippen LogP contribution in [-0.4, -0.2) is 38.3 Å². The molecule has 0 unspecified atom stereocenters. The van der Waals surface area contributed by atoms with Crippen LogP contribution >= 0.6 is 11.3 Å². The molecule has 0 radical (unpaired) electrons. The zero-order chi connectivity index (χ0) is 19.2. The lowest BCUT2D eigenvalue weighted by Gasteiger charge is -2.21. The van der Waals surface area contributed by atoms with E-state index in [4.69, 9.17) is 5.73 Å². The number of nitrogens with two attached hydrogens (primary N) is 1. The van der Waals surface area contributed by atoms with Crippen molar-refractivity contribution in [3.05, 3.63) is 52.2 Å². The lowest BCUT2D eigenvalue weighted by Crippen LogP contribution is -2.33. The first-order chi connectivity index (χ1) is 12.3. The number of thiophene rings is 1. The summed E-state index contributed by atoms with van der Waals surface area (Å²) in [6.07, 6.45) is 0.907. The number of benzene rings is 1. The van der Waals surface area contributed by atoms with Crippen molar-refractivity contribution in [2.24, 2.45) is 10.7 Å². The molecule has 0 aliphatic carbocycles. The summed E-state index contributed by atoms with van der Waals surface area (Å²) in [5.74, 6) is 0.387. The molecule has 0 aliphatic heterocycles. The molecule has 0 aliphatic rings. The van der Waals surface area contributed by atoms with Gasteiger partial charge in [-0.3, -0.25) is 0 Å². The minimum Gasteiger partial charge on any atom is -0.370 e. The van der Waals surface area contributed by atoms with Crippen LogP contribution in [0.5, 0.6) is 0 Å². The van der Waals surface area contributed by atoms with Gasteiger partial charge >= 0.3 is 0 Å². The van der Waals surface area contributed by atoms with Crippen LogP contribution in [0.2, 0.25) is 0 Å². The molecular weight excluding hydrogens is 368 g/mol. The van der Waals surface area contributed by atoms with Crippen LogP contribution in [0.1, 0.15) is 24.3 Å². The van der Waals surface area contributed by atoms with Gasteiger partial charge in [0.15, 0.2) is 5.96 Å². The van der Waals surface area contributed by atoms with E-state index in [1.165, 1.54) is 9.18 Å². The molecule has 1 heterocycles. The molecule has 1 aromatic heterocycles. The second-order valence-electron chi connectivity index (χ2n) is 6.22. The number of rotatable bonds is 8. The van der Waals surface area contributed by atoms with E-state index in [1.54, 1.807) is 42.6 Å². The highest BCUT2D eigenvalue weighted by Gasteiger charge is 2.22. The van der Waals surface area contributed by atoms with E-state index in [0.29, 0.717) is 12.5 Å². The van der Waals surface area contributed by atoms with Crippen LogP contribution in [0, 0.1) is 0 Å². The van der Waals surface area contributed by atoms with Crippen molar-refractivity contribution in [3.63, 3.8) is 0 Å². The molecule has 2 aromatic rings. The van der Waals surface area contributed by atoms with E-state index < -0.39 is 10.0 Å². The van der Waals surface area contributed by atoms with E-state index in [0.717, 1.165) is 18.5 Å². The minimum absolute atomic E-state index is 0.0932. The minimum atomic E-state index is -3.46. The van der Waals surface area contributed by atoms with Gasteiger partial charge in [0.25, 0.3) is 0 Å². The highest BCUT2D eigenvalue weighted by Crippen LogP contribution is 2.17. The Morgan fingerprint density at radius 2 is 1.96 bits per heavy atom. The molecule has 0 bridgehead atoms. The molecule has 0 spiro atoms. The van der Waals surface area contributed by atoms with Crippen LogP contribution in [-0.2, 0) is 23.0 Å². The van der Waals surface area contributed by atoms with Gasteiger partial charge < -0.3 is 11.1 Å². The van der Waals surface area contributed by atoms with Gasteiger partial charge in [-0.25, -0.2) is 13.4 Å². The van der Waals surface area contributed by atoms with Crippen LogP contribution in [0.3, 0.4) is 0 Å². The fourth-order valence-electron chi connectivity index (χ4n) is 2.21. The second-order valence-corrected chi connectivity index (χ2v) is 9.25. The SMILES string of the molecule is CC(C)N(C)S(=O)(=O)c1ccc(CN=C(N)NCCc2cccs2)cc1. The Balaban J connectivity index is 1.90. The summed E-state index contributed by atoms with van der Waals surface area (Å²) >= 11 is 1.72. The van der Waals surface area contributed by atoms with Crippen molar-refractivity contribution >= 4 is 27.3 Å². The van der Waals surface area contributed by atoms with Crippen molar-refractivity contribution < 1.29 is 8.42 Å². The van der Waals surface area contributed by atoms with Crippen LogP contribution in [0.4, 0.5) is 0 Å². The van der Waals surface area contributed by atoms with E-state index in [2.05, 4.69) is 21.8 Å². The maximum Gasteiger partial charge on any atom is 0.243 e. The molecule has 26 heavy (non-hydrogen) atoms. The Labute approximate surface area is 159 Å². The maximum atomic E-state index is 12.4. The van der Waals surface area contributed by atoms with Gasteiger partial charge in [-0.1, -0.05) is 18.2 Å². The fraction of sp³-hybridized carbons (Fsp3) is 0.389. The lowest BCUT2D eigenvalue weighted by atomic mass is 10.2. The smallest absolute Gasteiger partial charge is 0.243 e. The average Bonchev–Trinajstić information content (AvgIpc) is 3.13. The molecule has 6 nitrogen and oxygen atoms in total. The van der Waals surface area contributed by atoms with Crippen molar-refractivity contribution in [2.45, 2.75) is 37.8 Å². The lowest BCUT2D eigenvalue weighted by molar-refractivity contribution is 0.410. The van der Waals surface area contributed by atoms with Crippen molar-refractivity contribution in [3.8, 4) is 0 Å². The summed E-state index contributed by atoms with van der Waals surface area (Å²) in [6, 6.07) is 10.8. The quantitative estimate of drug-likeness (QED) is 0.532. The van der Waals surface area contributed by atoms with Crippen LogP contribution in [0.15, 0.2) is 51.7 Å². The molecule has 1 aromatic carbocycles. The molecule has 0 fully saturated rings. The third-order valence-corrected chi connectivity index (χ3v) is 7.00. The predicted molar refractivity (Wildman–Crippen MR) is 108 cm³/mol. The molecule has 142 valence electrons. The Morgan fingerprint density at radius 3 is 2.54 bits per heavy atom. The second kappa shape index (κ2) is 9.16. The maximum absolute atomic E-state index is 12.4. The number of hydrogen-bond donors (Lipinski definition) is 2.